The summed E-state index contributed by atoms with van der Waals surface area (Å²) in [5.41, 5.74) is 4.04. The summed E-state index contributed by atoms with van der Waals surface area (Å²) < 4.78 is 0. The molecule has 1 aliphatic heterocycles. The van der Waals surface area contributed by atoms with Crippen LogP contribution in [0.15, 0.2) is 85.2 Å². The molecule has 0 aliphatic carbocycles. The first-order chi connectivity index (χ1) is 12.9. The molecule has 2 aromatic carbocycles. The maximum absolute atomic E-state index is 4.24. The fourth-order valence-electron chi connectivity index (χ4n) is 3.81. The van der Waals surface area contributed by atoms with Crippen LogP contribution in [0, 0.1) is 0 Å². The molecule has 0 spiro atoms. The lowest BCUT2D eigenvalue weighted by Gasteiger charge is -2.39. The summed E-state index contributed by atoms with van der Waals surface area (Å²) in [6, 6.07) is 26.3. The van der Waals surface area contributed by atoms with Gasteiger partial charge >= 0.3 is 0 Å². The number of benzene rings is 2. The molecule has 0 bridgehead atoms. The second kappa shape index (κ2) is 8.26. The third-order valence-electron chi connectivity index (χ3n) is 5.13. The molecule has 3 aromatic rings. The average Bonchev–Trinajstić information content (AvgIpc) is 2.72. The molecule has 132 valence electrons. The van der Waals surface area contributed by atoms with E-state index in [4.69, 9.17) is 0 Å². The van der Waals surface area contributed by atoms with Crippen LogP contribution in [-0.2, 0) is 6.54 Å². The van der Waals surface area contributed by atoms with E-state index < -0.39 is 0 Å². The second-order valence-corrected chi connectivity index (χ2v) is 6.90. The van der Waals surface area contributed by atoms with Crippen molar-refractivity contribution in [1.82, 2.24) is 14.8 Å². The number of aromatic nitrogens is 1. The highest BCUT2D eigenvalue weighted by Crippen LogP contribution is 2.29. The standard InChI is InChI=1S/C23H25N3/c1-3-9-21(10-4-1)23(22-11-5-2-6-12-22)26-16-14-25(15-17-26)19-20-8-7-13-24-18-20/h1-13,18,23H,14-17,19H2. The molecule has 2 heterocycles. The van der Waals surface area contributed by atoms with Crippen LogP contribution in [0.2, 0.25) is 0 Å². The van der Waals surface area contributed by atoms with Crippen molar-refractivity contribution in [3.8, 4) is 0 Å². The summed E-state index contributed by atoms with van der Waals surface area (Å²) in [5, 5.41) is 0. The van der Waals surface area contributed by atoms with Crippen molar-refractivity contribution in [2.24, 2.45) is 0 Å². The van der Waals surface area contributed by atoms with Gasteiger partial charge in [-0.25, -0.2) is 0 Å². The van der Waals surface area contributed by atoms with E-state index in [0.29, 0.717) is 6.04 Å². The van der Waals surface area contributed by atoms with Crippen LogP contribution in [0.25, 0.3) is 0 Å². The Morgan fingerprint density at radius 1 is 0.731 bits per heavy atom. The Bertz CT molecular complexity index is 742. The van der Waals surface area contributed by atoms with Crippen LogP contribution in [0.3, 0.4) is 0 Å². The number of hydrogen-bond donors (Lipinski definition) is 0. The number of nitrogens with zero attached hydrogens (tertiary/aromatic N) is 3. The molecule has 1 saturated heterocycles. The molecular formula is C23H25N3. The van der Waals surface area contributed by atoms with Crippen molar-refractivity contribution in [2.45, 2.75) is 12.6 Å². The van der Waals surface area contributed by atoms with E-state index in [0.717, 1.165) is 32.7 Å². The van der Waals surface area contributed by atoms with E-state index in [-0.39, 0.29) is 0 Å². The van der Waals surface area contributed by atoms with Gasteiger partial charge in [0.05, 0.1) is 6.04 Å². The van der Waals surface area contributed by atoms with Crippen LogP contribution >= 0.6 is 0 Å². The minimum atomic E-state index is 0.331. The molecule has 26 heavy (non-hydrogen) atoms. The van der Waals surface area contributed by atoms with Crippen LogP contribution < -0.4 is 0 Å². The van der Waals surface area contributed by atoms with Crippen LogP contribution in [0.4, 0.5) is 0 Å². The van der Waals surface area contributed by atoms with Crippen LogP contribution in [0.1, 0.15) is 22.7 Å². The zero-order valence-electron chi connectivity index (χ0n) is 15.0. The quantitative estimate of drug-likeness (QED) is 0.698. The molecule has 0 unspecified atom stereocenters. The maximum atomic E-state index is 4.24. The van der Waals surface area contributed by atoms with Crippen molar-refractivity contribution in [2.75, 3.05) is 26.2 Å². The highest BCUT2D eigenvalue weighted by Gasteiger charge is 2.26. The largest absolute Gasteiger partial charge is 0.296 e. The fourth-order valence-corrected chi connectivity index (χ4v) is 3.81. The topological polar surface area (TPSA) is 19.4 Å². The summed E-state index contributed by atoms with van der Waals surface area (Å²) in [7, 11) is 0. The Hall–Kier alpha value is -2.49. The van der Waals surface area contributed by atoms with Gasteiger partial charge in [-0.15, -0.1) is 0 Å². The lowest BCUT2D eigenvalue weighted by Crippen LogP contribution is -2.47. The van der Waals surface area contributed by atoms with E-state index >= 15 is 0 Å². The monoisotopic (exact) mass is 343 g/mol. The zero-order chi connectivity index (χ0) is 17.6. The van der Waals surface area contributed by atoms with Crippen molar-refractivity contribution in [1.29, 1.82) is 0 Å². The fraction of sp³-hybridized carbons (Fsp3) is 0.261. The molecule has 0 amide bonds. The average molecular weight is 343 g/mol. The Labute approximate surface area is 155 Å². The van der Waals surface area contributed by atoms with E-state index in [1.54, 1.807) is 0 Å². The first-order valence-electron chi connectivity index (χ1n) is 9.35. The lowest BCUT2D eigenvalue weighted by molar-refractivity contribution is 0.105. The molecule has 0 radical (unpaired) electrons. The lowest BCUT2D eigenvalue weighted by atomic mass is 9.96. The summed E-state index contributed by atoms with van der Waals surface area (Å²) in [6.07, 6.45) is 3.81. The molecule has 1 aliphatic rings. The number of piperazine rings is 1. The van der Waals surface area contributed by atoms with Gasteiger partial charge in [-0.3, -0.25) is 14.8 Å². The third-order valence-corrected chi connectivity index (χ3v) is 5.13. The van der Waals surface area contributed by atoms with Crippen molar-refractivity contribution >= 4 is 0 Å². The SMILES string of the molecule is c1ccc(C(c2ccccc2)N2CCN(Cc3cccnc3)CC2)cc1. The molecule has 3 heteroatoms. The van der Waals surface area contributed by atoms with Gasteiger partial charge in [0.25, 0.3) is 0 Å². The number of pyridine rings is 1. The van der Waals surface area contributed by atoms with Crippen molar-refractivity contribution < 1.29 is 0 Å². The van der Waals surface area contributed by atoms with Crippen molar-refractivity contribution in [3.05, 3.63) is 102 Å². The summed E-state index contributed by atoms with van der Waals surface area (Å²) in [5.74, 6) is 0. The summed E-state index contributed by atoms with van der Waals surface area (Å²) in [4.78, 5) is 9.38. The highest BCUT2D eigenvalue weighted by molar-refractivity contribution is 5.32. The first-order valence-corrected chi connectivity index (χ1v) is 9.35. The van der Waals surface area contributed by atoms with Gasteiger partial charge in [-0.05, 0) is 22.8 Å². The van der Waals surface area contributed by atoms with Gasteiger partial charge in [-0.2, -0.15) is 0 Å². The minimum absolute atomic E-state index is 0.331. The molecule has 3 nitrogen and oxygen atoms in total. The van der Waals surface area contributed by atoms with Crippen molar-refractivity contribution in [3.63, 3.8) is 0 Å². The molecule has 4 rings (SSSR count). The molecule has 0 atom stereocenters. The number of hydrogen-bond acceptors (Lipinski definition) is 3. The smallest absolute Gasteiger partial charge is 0.0602 e. The molecule has 1 aromatic heterocycles. The molecule has 0 saturated carbocycles. The van der Waals surface area contributed by atoms with Gasteiger partial charge in [0.1, 0.15) is 0 Å². The maximum Gasteiger partial charge on any atom is 0.0602 e. The van der Waals surface area contributed by atoms with Gasteiger partial charge < -0.3 is 0 Å². The minimum Gasteiger partial charge on any atom is -0.296 e. The first kappa shape index (κ1) is 17.0. The van der Waals surface area contributed by atoms with Crippen LogP contribution in [-0.4, -0.2) is 41.0 Å². The van der Waals surface area contributed by atoms with E-state index in [2.05, 4.69) is 81.5 Å². The van der Waals surface area contributed by atoms with Gasteiger partial charge in [0.2, 0.25) is 0 Å². The predicted molar refractivity (Wildman–Crippen MR) is 106 cm³/mol. The number of rotatable bonds is 5. The Morgan fingerprint density at radius 2 is 1.35 bits per heavy atom. The third kappa shape index (κ3) is 4.01. The molecule has 0 N–H and O–H groups in total. The van der Waals surface area contributed by atoms with E-state index in [1.807, 2.05) is 18.5 Å². The highest BCUT2D eigenvalue weighted by atomic mass is 15.3. The molecular weight excluding hydrogens is 318 g/mol. The normalized spacial score (nSPS) is 16.0. The van der Waals surface area contributed by atoms with E-state index in [9.17, 15) is 0 Å². The Kier molecular flexibility index (Phi) is 5.38. The predicted octanol–water partition coefficient (Wildman–Crippen LogP) is 3.99. The van der Waals surface area contributed by atoms with E-state index in [1.165, 1.54) is 16.7 Å². The van der Waals surface area contributed by atoms with Gasteiger partial charge in [0, 0.05) is 45.1 Å². The Balaban J connectivity index is 1.48. The summed E-state index contributed by atoms with van der Waals surface area (Å²) in [6.45, 7) is 5.32. The van der Waals surface area contributed by atoms with Crippen LogP contribution in [0.5, 0.6) is 0 Å². The second-order valence-electron chi connectivity index (χ2n) is 6.90. The van der Waals surface area contributed by atoms with Gasteiger partial charge in [-0.1, -0.05) is 66.7 Å². The Morgan fingerprint density at radius 3 is 1.88 bits per heavy atom. The van der Waals surface area contributed by atoms with Gasteiger partial charge in [0.15, 0.2) is 0 Å². The molecule has 1 fully saturated rings. The zero-order valence-corrected chi connectivity index (χ0v) is 15.0. The summed E-state index contributed by atoms with van der Waals surface area (Å²) >= 11 is 0.